The molecule has 0 heterocycles. The minimum absolute atomic E-state index is 0.316. The Labute approximate surface area is 114 Å². The van der Waals surface area contributed by atoms with E-state index in [0.29, 0.717) is 11.3 Å². The molecule has 0 atom stereocenters. The molecule has 0 radical (unpaired) electrons. The van der Waals surface area contributed by atoms with E-state index < -0.39 is 36.8 Å². The number of nitrogens with two attached hydrogens (primary N) is 1. The second-order valence-electron chi connectivity index (χ2n) is 4.11. The summed E-state index contributed by atoms with van der Waals surface area (Å²) in [6.07, 6.45) is 0. The average Bonchev–Trinajstić information content (AvgIpc) is 2.30. The third-order valence-corrected chi connectivity index (χ3v) is 2.39. The van der Waals surface area contributed by atoms with Crippen molar-refractivity contribution in [2.75, 3.05) is 18.4 Å². The average molecular weight is 283 g/mol. The highest BCUT2D eigenvalue weighted by Crippen LogP contribution is 2.16. The second kappa shape index (κ2) is 6.50. The molecule has 4 N–H and O–H groups in total. The van der Waals surface area contributed by atoms with Gasteiger partial charge < -0.3 is 21.1 Å². The van der Waals surface area contributed by atoms with Gasteiger partial charge in [0.05, 0.1) is 0 Å². The minimum Gasteiger partial charge on any atom is -0.480 e. The van der Waals surface area contributed by atoms with Crippen molar-refractivity contribution in [1.82, 2.24) is 4.90 Å². The van der Waals surface area contributed by atoms with Crippen molar-refractivity contribution in [3.63, 3.8) is 0 Å². The number of benzene rings is 1. The molecule has 0 aromatic heterocycles. The predicted octanol–water partition coefficient (Wildman–Crippen LogP) is 0.538. The van der Waals surface area contributed by atoms with Crippen LogP contribution in [0.15, 0.2) is 18.2 Å². The van der Waals surface area contributed by atoms with E-state index in [0.717, 1.165) is 11.0 Å². The first-order chi connectivity index (χ1) is 9.29. The number of hydrogen-bond acceptors (Lipinski definition) is 3. The van der Waals surface area contributed by atoms with Crippen LogP contribution < -0.4 is 11.1 Å². The Morgan fingerprint density at radius 2 is 2.00 bits per heavy atom. The molecule has 8 heteroatoms. The molecule has 0 unspecified atom stereocenters. The van der Waals surface area contributed by atoms with E-state index in [1.807, 2.05) is 0 Å². The summed E-state index contributed by atoms with van der Waals surface area (Å²) in [6, 6.07) is 2.90. The zero-order chi connectivity index (χ0) is 15.3. The molecule has 1 aromatic carbocycles. The van der Waals surface area contributed by atoms with E-state index in [2.05, 4.69) is 5.32 Å². The fraction of sp³-hybridized carbons (Fsp3) is 0.250. The Kier molecular flexibility index (Phi) is 5.01. The highest BCUT2D eigenvalue weighted by Gasteiger charge is 2.19. The van der Waals surface area contributed by atoms with Gasteiger partial charge in [-0.2, -0.15) is 0 Å². The third-order valence-electron chi connectivity index (χ3n) is 2.39. The van der Waals surface area contributed by atoms with Crippen LogP contribution in [0.4, 0.5) is 14.9 Å². The van der Waals surface area contributed by atoms with Crippen LogP contribution in [0.5, 0.6) is 0 Å². The van der Waals surface area contributed by atoms with Crippen molar-refractivity contribution in [2.45, 2.75) is 6.92 Å². The van der Waals surface area contributed by atoms with Crippen LogP contribution in [0.1, 0.15) is 5.56 Å². The van der Waals surface area contributed by atoms with Gasteiger partial charge >= 0.3 is 12.0 Å². The molecule has 0 saturated carbocycles. The van der Waals surface area contributed by atoms with Crippen molar-refractivity contribution in [3.8, 4) is 0 Å². The molecule has 20 heavy (non-hydrogen) atoms. The number of carbonyl (C=O) groups excluding carboxylic acids is 2. The lowest BCUT2D eigenvalue weighted by atomic mass is 10.2. The highest BCUT2D eigenvalue weighted by atomic mass is 19.1. The number of anilines is 1. The first-order valence-electron chi connectivity index (χ1n) is 5.61. The van der Waals surface area contributed by atoms with Crippen LogP contribution in [0.3, 0.4) is 0 Å². The number of halogens is 1. The van der Waals surface area contributed by atoms with E-state index in [-0.39, 0.29) is 0 Å². The number of hydrogen-bond donors (Lipinski definition) is 3. The van der Waals surface area contributed by atoms with Crippen LogP contribution in [0.2, 0.25) is 0 Å². The molecule has 0 saturated heterocycles. The lowest BCUT2D eigenvalue weighted by Crippen LogP contribution is -2.43. The molecule has 0 aliphatic carbocycles. The predicted molar refractivity (Wildman–Crippen MR) is 68.6 cm³/mol. The first kappa shape index (κ1) is 15.4. The van der Waals surface area contributed by atoms with Gasteiger partial charge in [-0.3, -0.25) is 9.59 Å². The van der Waals surface area contributed by atoms with Crippen LogP contribution in [-0.4, -0.2) is 41.0 Å². The fourth-order valence-electron chi connectivity index (χ4n) is 1.51. The third kappa shape index (κ3) is 4.56. The fourth-order valence-corrected chi connectivity index (χ4v) is 1.51. The van der Waals surface area contributed by atoms with E-state index in [4.69, 9.17) is 10.8 Å². The standard InChI is InChI=1S/C12H14FN3O4/c1-7-4-8(13)2-3-9(7)15-12(20)16(5-10(14)17)6-11(18)19/h2-4H,5-6H2,1H3,(H2,14,17)(H,15,20)(H,18,19). The maximum Gasteiger partial charge on any atom is 0.323 e. The van der Waals surface area contributed by atoms with Crippen LogP contribution >= 0.6 is 0 Å². The molecule has 7 nitrogen and oxygen atoms in total. The molecule has 0 aliphatic heterocycles. The summed E-state index contributed by atoms with van der Waals surface area (Å²) in [6.45, 7) is 0.377. The summed E-state index contributed by atoms with van der Waals surface area (Å²) in [5.41, 5.74) is 5.73. The van der Waals surface area contributed by atoms with Crippen molar-refractivity contribution in [2.24, 2.45) is 5.73 Å². The topological polar surface area (TPSA) is 113 Å². The molecule has 0 aliphatic rings. The number of aryl methyl sites for hydroxylation is 1. The zero-order valence-electron chi connectivity index (χ0n) is 10.7. The van der Waals surface area contributed by atoms with Gasteiger partial charge in [-0.25, -0.2) is 9.18 Å². The number of urea groups is 1. The Bertz CT molecular complexity index is 532. The summed E-state index contributed by atoms with van der Waals surface area (Å²) in [5.74, 6) is -2.57. The van der Waals surface area contributed by atoms with Gasteiger partial charge in [0, 0.05) is 5.69 Å². The number of amides is 3. The van der Waals surface area contributed by atoms with Gasteiger partial charge in [0.2, 0.25) is 5.91 Å². The molecule has 3 amide bonds. The SMILES string of the molecule is Cc1cc(F)ccc1NC(=O)N(CC(N)=O)CC(=O)O. The van der Waals surface area contributed by atoms with Gasteiger partial charge in [-0.15, -0.1) is 0 Å². The number of carbonyl (C=O) groups is 3. The van der Waals surface area contributed by atoms with Gasteiger partial charge in [0.15, 0.2) is 0 Å². The monoisotopic (exact) mass is 283 g/mol. The number of rotatable bonds is 5. The lowest BCUT2D eigenvalue weighted by molar-refractivity contribution is -0.137. The number of carboxylic acid groups (broad SMARTS) is 1. The molecular formula is C12H14FN3O4. The molecule has 1 rings (SSSR count). The Hall–Kier alpha value is -2.64. The van der Waals surface area contributed by atoms with Crippen molar-refractivity contribution < 1.29 is 23.9 Å². The summed E-state index contributed by atoms with van der Waals surface area (Å²) >= 11 is 0. The maximum absolute atomic E-state index is 12.9. The lowest BCUT2D eigenvalue weighted by Gasteiger charge is -2.20. The first-order valence-corrected chi connectivity index (χ1v) is 5.61. The Morgan fingerprint density at radius 1 is 1.35 bits per heavy atom. The van der Waals surface area contributed by atoms with Gasteiger partial charge in [-0.1, -0.05) is 0 Å². The summed E-state index contributed by atoms with van der Waals surface area (Å²) in [5, 5.41) is 11.1. The maximum atomic E-state index is 12.9. The van der Waals surface area contributed by atoms with E-state index >= 15 is 0 Å². The number of aliphatic carboxylic acids is 1. The molecule has 0 fully saturated rings. The van der Waals surface area contributed by atoms with Crippen molar-refractivity contribution in [1.29, 1.82) is 0 Å². The molecule has 108 valence electrons. The van der Waals surface area contributed by atoms with E-state index in [9.17, 15) is 18.8 Å². The van der Waals surface area contributed by atoms with Crippen molar-refractivity contribution >= 4 is 23.6 Å². The molecule has 0 spiro atoms. The summed E-state index contributed by atoms with van der Waals surface area (Å²) in [4.78, 5) is 34.1. The Morgan fingerprint density at radius 3 is 2.50 bits per heavy atom. The number of nitrogens with one attached hydrogen (secondary N) is 1. The molecular weight excluding hydrogens is 269 g/mol. The summed E-state index contributed by atoms with van der Waals surface area (Å²) < 4.78 is 12.9. The van der Waals surface area contributed by atoms with Gasteiger partial charge in [0.25, 0.3) is 0 Å². The minimum atomic E-state index is -1.28. The smallest absolute Gasteiger partial charge is 0.323 e. The second-order valence-corrected chi connectivity index (χ2v) is 4.11. The normalized spacial score (nSPS) is 9.90. The van der Waals surface area contributed by atoms with Crippen LogP contribution in [0.25, 0.3) is 0 Å². The molecule has 0 bridgehead atoms. The van der Waals surface area contributed by atoms with Crippen LogP contribution in [0, 0.1) is 12.7 Å². The largest absolute Gasteiger partial charge is 0.480 e. The van der Waals surface area contributed by atoms with Gasteiger partial charge in [-0.05, 0) is 30.7 Å². The zero-order valence-corrected chi connectivity index (χ0v) is 10.7. The van der Waals surface area contributed by atoms with Crippen molar-refractivity contribution in [3.05, 3.63) is 29.6 Å². The Balaban J connectivity index is 2.84. The van der Waals surface area contributed by atoms with Crippen LogP contribution in [-0.2, 0) is 9.59 Å². The molecule has 1 aromatic rings. The van der Waals surface area contributed by atoms with E-state index in [1.165, 1.54) is 12.1 Å². The summed E-state index contributed by atoms with van der Waals surface area (Å²) in [7, 11) is 0. The highest BCUT2D eigenvalue weighted by molar-refractivity contribution is 5.94. The quantitative estimate of drug-likeness (QED) is 0.731. The number of primary amides is 1. The number of carboxylic acids is 1. The number of nitrogens with zero attached hydrogens (tertiary/aromatic N) is 1. The van der Waals surface area contributed by atoms with Gasteiger partial charge in [0.1, 0.15) is 18.9 Å². The van der Waals surface area contributed by atoms with E-state index in [1.54, 1.807) is 6.92 Å².